The van der Waals surface area contributed by atoms with Crippen molar-refractivity contribution >= 4 is 5.91 Å². The molecular formula is C21H24F5N3O3. The minimum absolute atomic E-state index is 0.0403. The van der Waals surface area contributed by atoms with E-state index in [-0.39, 0.29) is 42.6 Å². The summed E-state index contributed by atoms with van der Waals surface area (Å²) in [6.07, 6.45) is -2.05. The van der Waals surface area contributed by atoms with Gasteiger partial charge in [-0.25, -0.2) is 13.8 Å². The van der Waals surface area contributed by atoms with Gasteiger partial charge in [0.2, 0.25) is 5.91 Å². The van der Waals surface area contributed by atoms with Gasteiger partial charge in [-0.1, -0.05) is 0 Å². The van der Waals surface area contributed by atoms with Crippen molar-refractivity contribution in [2.24, 2.45) is 0 Å². The summed E-state index contributed by atoms with van der Waals surface area (Å²) in [6, 6.07) is 3.15. The molecule has 0 unspecified atom stereocenters. The van der Waals surface area contributed by atoms with Gasteiger partial charge in [-0.2, -0.15) is 13.2 Å². The number of piperazine rings is 1. The number of rotatable bonds is 9. The number of amides is 1. The first-order valence-corrected chi connectivity index (χ1v) is 10.3. The molecule has 0 N–H and O–H groups in total. The summed E-state index contributed by atoms with van der Waals surface area (Å²) >= 11 is 0. The van der Waals surface area contributed by atoms with Crippen LogP contribution in [0.25, 0.3) is 11.3 Å². The van der Waals surface area contributed by atoms with Gasteiger partial charge in [0.05, 0.1) is 11.8 Å². The molecule has 0 saturated carbocycles. The Morgan fingerprint density at radius 1 is 1.16 bits per heavy atom. The molecule has 32 heavy (non-hydrogen) atoms. The van der Waals surface area contributed by atoms with Crippen molar-refractivity contribution in [3.05, 3.63) is 41.9 Å². The number of alkyl halides is 3. The molecule has 1 fully saturated rings. The topological polar surface area (TPSA) is 58.8 Å². The highest BCUT2D eigenvalue weighted by Gasteiger charge is 2.27. The quantitative estimate of drug-likeness (QED) is 0.422. The molecule has 2 aromatic rings. The number of hydrogen-bond acceptors (Lipinski definition) is 5. The number of benzene rings is 1. The monoisotopic (exact) mass is 461 g/mol. The molecule has 6 nitrogen and oxygen atoms in total. The number of oxazole rings is 1. The molecule has 0 atom stereocenters. The number of hydrogen-bond donors (Lipinski definition) is 0. The number of aryl methyl sites for hydroxylation is 1. The molecule has 11 heteroatoms. The van der Waals surface area contributed by atoms with E-state index >= 15 is 0 Å². The summed E-state index contributed by atoms with van der Waals surface area (Å²) in [4.78, 5) is 20.3. The minimum Gasteiger partial charge on any atom is -0.441 e. The third kappa shape index (κ3) is 7.27. The lowest BCUT2D eigenvalue weighted by atomic mass is 10.2. The lowest BCUT2D eigenvalue weighted by molar-refractivity contribution is -0.174. The number of carbonyl (C=O) groups excluding carboxylic acids is 1. The number of aromatic nitrogens is 1. The molecule has 1 aromatic carbocycles. The van der Waals surface area contributed by atoms with Gasteiger partial charge in [-0.05, 0) is 18.6 Å². The van der Waals surface area contributed by atoms with Crippen LogP contribution in [0, 0.1) is 11.6 Å². The SMILES string of the molecule is O=C(CCc1ncc(-c2ccc(F)cc2F)o1)N1CCN(CCCOCC(F)(F)F)CC1. The number of halogens is 5. The van der Waals surface area contributed by atoms with Crippen molar-refractivity contribution in [1.29, 1.82) is 0 Å². The molecule has 0 aliphatic carbocycles. The number of carbonyl (C=O) groups is 1. The molecule has 0 spiro atoms. The van der Waals surface area contributed by atoms with Crippen LogP contribution in [0.15, 0.2) is 28.8 Å². The largest absolute Gasteiger partial charge is 0.441 e. The van der Waals surface area contributed by atoms with Crippen LogP contribution in [-0.2, 0) is 16.0 Å². The highest BCUT2D eigenvalue weighted by molar-refractivity contribution is 5.76. The van der Waals surface area contributed by atoms with Crippen LogP contribution >= 0.6 is 0 Å². The van der Waals surface area contributed by atoms with E-state index in [0.29, 0.717) is 39.1 Å². The summed E-state index contributed by atoms with van der Waals surface area (Å²) in [5, 5.41) is 0. The first-order valence-electron chi connectivity index (χ1n) is 10.3. The van der Waals surface area contributed by atoms with Gasteiger partial charge in [-0.3, -0.25) is 9.69 Å². The zero-order chi connectivity index (χ0) is 23.1. The summed E-state index contributed by atoms with van der Waals surface area (Å²) in [7, 11) is 0. The summed E-state index contributed by atoms with van der Waals surface area (Å²) in [5.74, 6) is -1.06. The third-order valence-electron chi connectivity index (χ3n) is 5.06. The summed E-state index contributed by atoms with van der Waals surface area (Å²) in [5.41, 5.74) is 0.0939. The lowest BCUT2D eigenvalue weighted by Gasteiger charge is -2.34. The van der Waals surface area contributed by atoms with E-state index in [1.54, 1.807) is 4.90 Å². The normalized spacial score (nSPS) is 15.3. The molecule has 0 bridgehead atoms. The fourth-order valence-corrected chi connectivity index (χ4v) is 3.41. The summed E-state index contributed by atoms with van der Waals surface area (Å²) < 4.78 is 73.1. The van der Waals surface area contributed by atoms with E-state index in [0.717, 1.165) is 12.1 Å². The Morgan fingerprint density at radius 3 is 2.59 bits per heavy atom. The van der Waals surface area contributed by atoms with E-state index in [4.69, 9.17) is 4.42 Å². The van der Waals surface area contributed by atoms with Gasteiger partial charge in [0.15, 0.2) is 11.7 Å². The van der Waals surface area contributed by atoms with Gasteiger partial charge in [0.1, 0.15) is 18.2 Å². The maximum atomic E-state index is 13.9. The molecule has 1 aliphatic heterocycles. The zero-order valence-corrected chi connectivity index (χ0v) is 17.3. The predicted molar refractivity (Wildman–Crippen MR) is 105 cm³/mol. The molecule has 1 aromatic heterocycles. The zero-order valence-electron chi connectivity index (χ0n) is 17.3. The summed E-state index contributed by atoms with van der Waals surface area (Å²) in [6.45, 7) is 1.74. The molecule has 176 valence electrons. The smallest absolute Gasteiger partial charge is 0.411 e. The van der Waals surface area contributed by atoms with Crippen LogP contribution in [-0.4, -0.2) is 72.8 Å². The van der Waals surface area contributed by atoms with Gasteiger partial charge in [0.25, 0.3) is 0 Å². The van der Waals surface area contributed by atoms with E-state index in [9.17, 15) is 26.7 Å². The van der Waals surface area contributed by atoms with Crippen LogP contribution < -0.4 is 0 Å². The van der Waals surface area contributed by atoms with Crippen LogP contribution in [0.4, 0.5) is 22.0 Å². The van der Waals surface area contributed by atoms with Crippen molar-refractivity contribution in [2.45, 2.75) is 25.4 Å². The Hall–Kier alpha value is -2.53. The van der Waals surface area contributed by atoms with Crippen molar-refractivity contribution < 1.29 is 35.9 Å². The molecule has 1 amide bonds. The average Bonchev–Trinajstić information content (AvgIpc) is 3.20. The highest BCUT2D eigenvalue weighted by atomic mass is 19.4. The number of ether oxygens (including phenoxy) is 1. The fraction of sp³-hybridized carbons (Fsp3) is 0.524. The van der Waals surface area contributed by atoms with E-state index in [1.165, 1.54) is 12.3 Å². The van der Waals surface area contributed by atoms with Crippen LogP contribution in [0.5, 0.6) is 0 Å². The van der Waals surface area contributed by atoms with E-state index < -0.39 is 24.4 Å². The highest BCUT2D eigenvalue weighted by Crippen LogP contribution is 2.24. The average molecular weight is 461 g/mol. The number of nitrogens with zero attached hydrogens (tertiary/aromatic N) is 3. The van der Waals surface area contributed by atoms with Crippen LogP contribution in [0.2, 0.25) is 0 Å². The second-order valence-corrected chi connectivity index (χ2v) is 7.49. The van der Waals surface area contributed by atoms with Crippen molar-refractivity contribution in [3.8, 4) is 11.3 Å². The van der Waals surface area contributed by atoms with Crippen molar-refractivity contribution in [3.63, 3.8) is 0 Å². The molecule has 3 rings (SSSR count). The maximum absolute atomic E-state index is 13.9. The van der Waals surface area contributed by atoms with E-state index in [2.05, 4.69) is 14.6 Å². The van der Waals surface area contributed by atoms with Gasteiger partial charge in [-0.15, -0.1) is 0 Å². The first-order chi connectivity index (χ1) is 15.2. The van der Waals surface area contributed by atoms with Gasteiger partial charge < -0.3 is 14.1 Å². The van der Waals surface area contributed by atoms with Crippen LogP contribution in [0.1, 0.15) is 18.7 Å². The van der Waals surface area contributed by atoms with E-state index in [1.807, 2.05) is 0 Å². The minimum atomic E-state index is -4.31. The maximum Gasteiger partial charge on any atom is 0.411 e. The Morgan fingerprint density at radius 2 is 1.91 bits per heavy atom. The standard InChI is InChI=1S/C21H24F5N3O3/c22-15-2-3-16(17(23)12-15)18-13-27-19(32-18)4-5-20(30)29-9-7-28(8-10-29)6-1-11-31-14-21(24,25)26/h2-3,12-13H,1,4-11,14H2. The fourth-order valence-electron chi connectivity index (χ4n) is 3.41. The van der Waals surface area contributed by atoms with Gasteiger partial charge in [0, 0.05) is 58.2 Å². The van der Waals surface area contributed by atoms with Gasteiger partial charge >= 0.3 is 6.18 Å². The Bertz CT molecular complexity index is 895. The predicted octanol–water partition coefficient (Wildman–Crippen LogP) is 3.67. The second kappa shape index (κ2) is 10.9. The molecule has 1 aliphatic rings. The molecule has 0 radical (unpaired) electrons. The third-order valence-corrected chi connectivity index (χ3v) is 5.06. The Labute approximate surface area is 181 Å². The lowest BCUT2D eigenvalue weighted by Crippen LogP contribution is -2.49. The second-order valence-electron chi connectivity index (χ2n) is 7.49. The van der Waals surface area contributed by atoms with Crippen molar-refractivity contribution in [1.82, 2.24) is 14.8 Å². The molecule has 1 saturated heterocycles. The molecule has 2 heterocycles. The van der Waals surface area contributed by atoms with Crippen LogP contribution in [0.3, 0.4) is 0 Å². The first kappa shape index (κ1) is 24.1. The Balaban J connectivity index is 1.36. The molecular weight excluding hydrogens is 437 g/mol. The Kier molecular flexibility index (Phi) is 8.19. The van der Waals surface area contributed by atoms with Crippen molar-refractivity contribution in [2.75, 3.05) is 45.9 Å².